The monoisotopic (exact) mass is 268 g/mol. The van der Waals surface area contributed by atoms with Crippen LogP contribution in [0.5, 0.6) is 0 Å². The number of urea groups is 1. The third-order valence-corrected chi connectivity index (χ3v) is 4.53. The van der Waals surface area contributed by atoms with Crippen molar-refractivity contribution in [1.82, 2.24) is 10.6 Å². The lowest BCUT2D eigenvalue weighted by Crippen LogP contribution is -2.55. The zero-order valence-corrected chi connectivity index (χ0v) is 11.4. The maximum absolute atomic E-state index is 11.8. The van der Waals surface area contributed by atoms with Gasteiger partial charge in [0.15, 0.2) is 0 Å². The molecule has 0 saturated heterocycles. The topological polar surface area (TPSA) is 78.4 Å². The predicted molar refractivity (Wildman–Crippen MR) is 71.9 cm³/mol. The molecule has 0 aromatic carbocycles. The van der Waals surface area contributed by atoms with E-state index in [4.69, 9.17) is 0 Å². The highest BCUT2D eigenvalue weighted by Gasteiger charge is 2.42. The molecule has 0 heterocycles. The highest BCUT2D eigenvalue weighted by molar-refractivity contribution is 5.86. The van der Waals surface area contributed by atoms with Crippen molar-refractivity contribution in [2.75, 3.05) is 6.54 Å². The Bertz CT molecular complexity index is 332. The van der Waals surface area contributed by atoms with Gasteiger partial charge in [0.1, 0.15) is 5.54 Å². The van der Waals surface area contributed by atoms with E-state index in [-0.39, 0.29) is 6.03 Å². The molecule has 5 heteroatoms. The number of hydrogen-bond acceptors (Lipinski definition) is 2. The molecule has 19 heavy (non-hydrogen) atoms. The van der Waals surface area contributed by atoms with E-state index >= 15 is 0 Å². The summed E-state index contributed by atoms with van der Waals surface area (Å²) in [5.74, 6) is -0.170. The Kier molecular flexibility index (Phi) is 4.66. The van der Waals surface area contributed by atoms with Gasteiger partial charge in [-0.05, 0) is 25.2 Å². The number of carbonyl (C=O) groups is 2. The molecule has 2 fully saturated rings. The number of nitrogens with one attached hydrogen (secondary N) is 2. The minimum absolute atomic E-state index is 0.331. The number of hydrogen-bond donors (Lipinski definition) is 3. The maximum Gasteiger partial charge on any atom is 0.329 e. The maximum atomic E-state index is 11.8. The van der Waals surface area contributed by atoms with E-state index in [2.05, 4.69) is 10.6 Å². The van der Waals surface area contributed by atoms with E-state index in [1.54, 1.807) is 0 Å². The molecule has 0 aromatic rings. The summed E-state index contributed by atoms with van der Waals surface area (Å²) in [6.45, 7) is 0.645. The van der Waals surface area contributed by atoms with Crippen molar-refractivity contribution in [1.29, 1.82) is 0 Å². The molecule has 2 aliphatic carbocycles. The molecule has 2 saturated carbocycles. The Hall–Kier alpha value is -1.26. The van der Waals surface area contributed by atoms with E-state index in [0.29, 0.717) is 19.4 Å². The second-order valence-electron chi connectivity index (χ2n) is 5.91. The first kappa shape index (κ1) is 14.2. The van der Waals surface area contributed by atoms with Crippen LogP contribution in [-0.4, -0.2) is 29.2 Å². The molecule has 108 valence electrons. The summed E-state index contributed by atoms with van der Waals surface area (Å²) in [4.78, 5) is 23.1. The molecular weight excluding hydrogens is 244 g/mol. The second-order valence-corrected chi connectivity index (χ2v) is 5.91. The number of carboxylic acids is 1. The van der Waals surface area contributed by atoms with Crippen LogP contribution in [0.1, 0.15) is 57.8 Å². The first-order valence-corrected chi connectivity index (χ1v) is 7.42. The molecule has 0 atom stereocenters. The molecule has 0 spiro atoms. The molecule has 2 rings (SSSR count). The van der Waals surface area contributed by atoms with Gasteiger partial charge in [-0.3, -0.25) is 0 Å². The van der Waals surface area contributed by atoms with Gasteiger partial charge < -0.3 is 15.7 Å². The van der Waals surface area contributed by atoms with Gasteiger partial charge in [-0.2, -0.15) is 0 Å². The van der Waals surface area contributed by atoms with Gasteiger partial charge in [0.25, 0.3) is 0 Å². The van der Waals surface area contributed by atoms with Crippen molar-refractivity contribution in [2.45, 2.75) is 63.3 Å². The van der Waals surface area contributed by atoms with Gasteiger partial charge in [0, 0.05) is 6.54 Å². The molecule has 0 aromatic heterocycles. The van der Waals surface area contributed by atoms with Crippen LogP contribution in [0.3, 0.4) is 0 Å². The quantitative estimate of drug-likeness (QED) is 0.715. The third kappa shape index (κ3) is 3.61. The van der Waals surface area contributed by atoms with Crippen LogP contribution in [0.2, 0.25) is 0 Å². The molecular formula is C14H24N2O3. The van der Waals surface area contributed by atoms with Gasteiger partial charge in [-0.25, -0.2) is 9.59 Å². The SMILES string of the molecule is O=C(NCCC1CCCC1)NC1(C(=O)O)CCCC1. The number of rotatable bonds is 5. The van der Waals surface area contributed by atoms with Crippen molar-refractivity contribution in [3.05, 3.63) is 0 Å². The average molecular weight is 268 g/mol. The van der Waals surface area contributed by atoms with Crippen LogP contribution in [0.25, 0.3) is 0 Å². The molecule has 2 amide bonds. The van der Waals surface area contributed by atoms with Crippen LogP contribution in [0, 0.1) is 5.92 Å². The zero-order chi connectivity index (χ0) is 13.7. The minimum Gasteiger partial charge on any atom is -0.480 e. The number of carbonyl (C=O) groups excluding carboxylic acids is 1. The summed E-state index contributed by atoms with van der Waals surface area (Å²) in [7, 11) is 0. The normalized spacial score (nSPS) is 22.3. The third-order valence-electron chi connectivity index (χ3n) is 4.53. The Labute approximate surface area is 114 Å². The summed E-state index contributed by atoms with van der Waals surface area (Å²) in [6, 6.07) is -0.331. The molecule has 3 N–H and O–H groups in total. The number of amides is 2. The first-order valence-electron chi connectivity index (χ1n) is 7.42. The van der Waals surface area contributed by atoms with Gasteiger partial charge in [-0.1, -0.05) is 38.5 Å². The van der Waals surface area contributed by atoms with E-state index in [1.807, 2.05) is 0 Å². The molecule has 0 radical (unpaired) electrons. The van der Waals surface area contributed by atoms with Crippen molar-refractivity contribution >= 4 is 12.0 Å². The van der Waals surface area contributed by atoms with E-state index in [0.717, 1.165) is 25.2 Å². The standard InChI is InChI=1S/C14H24N2O3/c17-12(18)14(8-3-4-9-14)16-13(19)15-10-7-11-5-1-2-6-11/h11H,1-10H2,(H,17,18)(H2,15,16,19). The van der Waals surface area contributed by atoms with Gasteiger partial charge >= 0.3 is 12.0 Å². The van der Waals surface area contributed by atoms with Gasteiger partial charge in [-0.15, -0.1) is 0 Å². The Balaban J connectivity index is 1.72. The van der Waals surface area contributed by atoms with Crippen molar-refractivity contribution in [2.24, 2.45) is 5.92 Å². The van der Waals surface area contributed by atoms with Gasteiger partial charge in [0.2, 0.25) is 0 Å². The van der Waals surface area contributed by atoms with Crippen LogP contribution < -0.4 is 10.6 Å². The fourth-order valence-corrected chi connectivity index (χ4v) is 3.32. The fraction of sp³-hybridized carbons (Fsp3) is 0.857. The highest BCUT2D eigenvalue weighted by atomic mass is 16.4. The van der Waals surface area contributed by atoms with E-state index < -0.39 is 11.5 Å². The largest absolute Gasteiger partial charge is 0.480 e. The van der Waals surface area contributed by atoms with Crippen molar-refractivity contribution < 1.29 is 14.7 Å². The Morgan fingerprint density at radius 1 is 1.11 bits per heavy atom. The molecule has 0 aliphatic heterocycles. The summed E-state index contributed by atoms with van der Waals surface area (Å²) < 4.78 is 0. The van der Waals surface area contributed by atoms with Crippen LogP contribution in [-0.2, 0) is 4.79 Å². The summed E-state index contributed by atoms with van der Waals surface area (Å²) >= 11 is 0. The Morgan fingerprint density at radius 3 is 2.32 bits per heavy atom. The highest BCUT2D eigenvalue weighted by Crippen LogP contribution is 2.30. The summed E-state index contributed by atoms with van der Waals surface area (Å²) in [5.41, 5.74) is -1.03. The zero-order valence-electron chi connectivity index (χ0n) is 11.4. The number of aliphatic carboxylic acids is 1. The smallest absolute Gasteiger partial charge is 0.329 e. The average Bonchev–Trinajstić information content (AvgIpc) is 3.00. The molecule has 2 aliphatic rings. The van der Waals surface area contributed by atoms with Crippen molar-refractivity contribution in [3.63, 3.8) is 0 Å². The molecule has 0 unspecified atom stereocenters. The predicted octanol–water partition coefficient (Wildman–Crippen LogP) is 2.26. The molecule has 5 nitrogen and oxygen atoms in total. The van der Waals surface area contributed by atoms with Crippen LogP contribution in [0.4, 0.5) is 4.79 Å². The molecule has 0 bridgehead atoms. The second kappa shape index (κ2) is 6.26. The van der Waals surface area contributed by atoms with Gasteiger partial charge in [0.05, 0.1) is 0 Å². The first-order chi connectivity index (χ1) is 9.12. The van der Waals surface area contributed by atoms with E-state index in [1.165, 1.54) is 25.7 Å². The lowest BCUT2D eigenvalue weighted by molar-refractivity contribution is -0.144. The van der Waals surface area contributed by atoms with Crippen LogP contribution in [0.15, 0.2) is 0 Å². The van der Waals surface area contributed by atoms with Crippen molar-refractivity contribution in [3.8, 4) is 0 Å². The number of carboxylic acid groups (broad SMARTS) is 1. The Morgan fingerprint density at radius 2 is 1.74 bits per heavy atom. The van der Waals surface area contributed by atoms with E-state index in [9.17, 15) is 14.7 Å². The van der Waals surface area contributed by atoms with Crippen LogP contribution >= 0.6 is 0 Å². The lowest BCUT2D eigenvalue weighted by atomic mass is 9.98. The summed E-state index contributed by atoms with van der Waals surface area (Å²) in [6.07, 6.45) is 8.97. The minimum atomic E-state index is -1.03. The fourth-order valence-electron chi connectivity index (χ4n) is 3.32. The summed E-state index contributed by atoms with van der Waals surface area (Å²) in [5, 5.41) is 14.7. The lowest BCUT2D eigenvalue weighted by Gasteiger charge is -2.25.